The van der Waals surface area contributed by atoms with Gasteiger partial charge in [0.05, 0.1) is 19.6 Å². The maximum atomic E-state index is 8.88. The van der Waals surface area contributed by atoms with Gasteiger partial charge in [-0.1, -0.05) is 60.7 Å². The lowest BCUT2D eigenvalue weighted by Crippen LogP contribution is -1.98. The van der Waals surface area contributed by atoms with E-state index >= 15 is 0 Å². The van der Waals surface area contributed by atoms with Crippen molar-refractivity contribution in [2.45, 2.75) is 13.0 Å². The average Bonchev–Trinajstić information content (AvgIpc) is 2.67. The monoisotopic (exact) mass is 329 g/mol. The summed E-state index contributed by atoms with van der Waals surface area (Å²) in [5.74, 6) is 1.54. The standard InChI is InChI=1S/C22H19NO2/c1-24-22-15-17(13-14-23)11-12-20(22)19-9-5-6-10-21(19)25-16-18-7-3-2-4-8-18/h2-12,15H,13,16H2,1H3. The number of rotatable bonds is 6. The molecule has 3 rings (SSSR count). The summed E-state index contributed by atoms with van der Waals surface area (Å²) in [7, 11) is 1.64. The fraction of sp³-hybridized carbons (Fsp3) is 0.136. The number of ether oxygens (including phenoxy) is 2. The van der Waals surface area contributed by atoms with Crippen LogP contribution in [-0.4, -0.2) is 7.11 Å². The van der Waals surface area contributed by atoms with Gasteiger partial charge in [0.1, 0.15) is 18.1 Å². The quantitative estimate of drug-likeness (QED) is 0.638. The first-order valence-corrected chi connectivity index (χ1v) is 8.12. The molecule has 0 saturated carbocycles. The number of benzene rings is 3. The molecule has 0 aliphatic rings. The van der Waals surface area contributed by atoms with Gasteiger partial charge in [-0.3, -0.25) is 0 Å². The minimum absolute atomic E-state index is 0.364. The summed E-state index contributed by atoms with van der Waals surface area (Å²) >= 11 is 0. The Labute approximate surface area is 148 Å². The van der Waals surface area contributed by atoms with Crippen molar-refractivity contribution < 1.29 is 9.47 Å². The van der Waals surface area contributed by atoms with E-state index in [1.807, 2.05) is 72.8 Å². The third kappa shape index (κ3) is 3.99. The van der Waals surface area contributed by atoms with Gasteiger partial charge in [0, 0.05) is 11.1 Å². The van der Waals surface area contributed by atoms with E-state index in [0.717, 1.165) is 33.8 Å². The van der Waals surface area contributed by atoms with Gasteiger partial charge in [0.15, 0.2) is 0 Å². The van der Waals surface area contributed by atoms with Crippen LogP contribution in [0.2, 0.25) is 0 Å². The molecule has 0 aromatic heterocycles. The van der Waals surface area contributed by atoms with Gasteiger partial charge in [-0.15, -0.1) is 0 Å². The normalized spacial score (nSPS) is 10.1. The fourth-order valence-corrected chi connectivity index (χ4v) is 2.71. The van der Waals surface area contributed by atoms with Gasteiger partial charge in [-0.25, -0.2) is 0 Å². The highest BCUT2D eigenvalue weighted by atomic mass is 16.5. The average molecular weight is 329 g/mol. The van der Waals surface area contributed by atoms with Crippen molar-refractivity contribution in [1.29, 1.82) is 5.26 Å². The maximum Gasteiger partial charge on any atom is 0.127 e. The van der Waals surface area contributed by atoms with E-state index in [1.54, 1.807) is 7.11 Å². The molecule has 0 saturated heterocycles. The fourth-order valence-electron chi connectivity index (χ4n) is 2.71. The van der Waals surface area contributed by atoms with E-state index in [2.05, 4.69) is 6.07 Å². The molecule has 124 valence electrons. The Morgan fingerprint density at radius 1 is 0.800 bits per heavy atom. The third-order valence-corrected chi connectivity index (χ3v) is 3.96. The van der Waals surface area contributed by atoms with Gasteiger partial charge in [0.2, 0.25) is 0 Å². The first-order chi connectivity index (χ1) is 12.3. The SMILES string of the molecule is COc1cc(CC#N)ccc1-c1ccccc1OCc1ccccc1. The molecule has 0 radical (unpaired) electrons. The predicted molar refractivity (Wildman–Crippen MR) is 98.5 cm³/mol. The number of methoxy groups -OCH3 is 1. The Kier molecular flexibility index (Phi) is 5.33. The topological polar surface area (TPSA) is 42.2 Å². The van der Waals surface area contributed by atoms with E-state index in [0.29, 0.717) is 13.0 Å². The molecule has 25 heavy (non-hydrogen) atoms. The second-order valence-corrected chi connectivity index (χ2v) is 5.64. The van der Waals surface area contributed by atoms with Gasteiger partial charge >= 0.3 is 0 Å². The first-order valence-electron chi connectivity index (χ1n) is 8.12. The van der Waals surface area contributed by atoms with Crippen LogP contribution in [0, 0.1) is 11.3 Å². The number of para-hydroxylation sites is 1. The Bertz CT molecular complexity index is 882. The van der Waals surface area contributed by atoms with Crippen LogP contribution in [0.5, 0.6) is 11.5 Å². The summed E-state index contributed by atoms with van der Waals surface area (Å²) in [6.45, 7) is 0.507. The van der Waals surface area contributed by atoms with Crippen LogP contribution in [0.25, 0.3) is 11.1 Å². The Morgan fingerprint density at radius 3 is 2.28 bits per heavy atom. The zero-order valence-electron chi connectivity index (χ0n) is 14.1. The van der Waals surface area contributed by atoms with E-state index in [-0.39, 0.29) is 0 Å². The smallest absolute Gasteiger partial charge is 0.127 e. The molecular weight excluding hydrogens is 310 g/mol. The van der Waals surface area contributed by atoms with Crippen molar-refractivity contribution in [2.75, 3.05) is 7.11 Å². The molecule has 3 aromatic carbocycles. The molecule has 0 fully saturated rings. The second-order valence-electron chi connectivity index (χ2n) is 5.64. The van der Waals surface area contributed by atoms with Crippen molar-refractivity contribution in [3.63, 3.8) is 0 Å². The molecule has 0 atom stereocenters. The summed E-state index contributed by atoms with van der Waals surface area (Å²) in [4.78, 5) is 0. The Hall–Kier alpha value is -3.25. The summed E-state index contributed by atoms with van der Waals surface area (Å²) in [6.07, 6.45) is 0.364. The summed E-state index contributed by atoms with van der Waals surface area (Å²) < 4.78 is 11.6. The van der Waals surface area contributed by atoms with Crippen LogP contribution in [0.15, 0.2) is 72.8 Å². The zero-order valence-corrected chi connectivity index (χ0v) is 14.1. The molecule has 0 spiro atoms. The van der Waals surface area contributed by atoms with Crippen LogP contribution < -0.4 is 9.47 Å². The number of nitrogens with zero attached hydrogens (tertiary/aromatic N) is 1. The first kappa shape index (κ1) is 16.6. The van der Waals surface area contributed by atoms with Crippen molar-refractivity contribution >= 4 is 0 Å². The lowest BCUT2D eigenvalue weighted by atomic mass is 10.0. The van der Waals surface area contributed by atoms with Crippen LogP contribution in [-0.2, 0) is 13.0 Å². The zero-order chi connectivity index (χ0) is 17.5. The van der Waals surface area contributed by atoms with E-state index in [4.69, 9.17) is 14.7 Å². The molecular formula is C22H19NO2. The van der Waals surface area contributed by atoms with Gasteiger partial charge in [-0.05, 0) is 23.3 Å². The van der Waals surface area contributed by atoms with Crippen LogP contribution in [0.3, 0.4) is 0 Å². The van der Waals surface area contributed by atoms with Crippen molar-refractivity contribution in [2.24, 2.45) is 0 Å². The Morgan fingerprint density at radius 2 is 1.52 bits per heavy atom. The molecule has 0 N–H and O–H groups in total. The van der Waals surface area contributed by atoms with Gasteiger partial charge in [0.25, 0.3) is 0 Å². The molecule has 0 heterocycles. The number of nitriles is 1. The molecule has 3 heteroatoms. The van der Waals surface area contributed by atoms with Crippen molar-refractivity contribution in [3.8, 4) is 28.7 Å². The Balaban J connectivity index is 1.91. The number of hydrogen-bond acceptors (Lipinski definition) is 3. The molecule has 3 aromatic rings. The summed E-state index contributed by atoms with van der Waals surface area (Å²) in [6, 6.07) is 26.0. The molecule has 0 bridgehead atoms. The third-order valence-electron chi connectivity index (χ3n) is 3.96. The lowest BCUT2D eigenvalue weighted by molar-refractivity contribution is 0.307. The van der Waals surface area contributed by atoms with E-state index in [9.17, 15) is 0 Å². The summed E-state index contributed by atoms with van der Waals surface area (Å²) in [5, 5.41) is 8.88. The summed E-state index contributed by atoms with van der Waals surface area (Å²) in [5.41, 5.74) is 3.98. The van der Waals surface area contributed by atoms with Crippen LogP contribution >= 0.6 is 0 Å². The highest BCUT2D eigenvalue weighted by Crippen LogP contribution is 2.37. The molecule has 0 aliphatic carbocycles. The molecule has 0 unspecified atom stereocenters. The minimum Gasteiger partial charge on any atom is -0.496 e. The molecule has 3 nitrogen and oxygen atoms in total. The minimum atomic E-state index is 0.364. The van der Waals surface area contributed by atoms with Crippen LogP contribution in [0.4, 0.5) is 0 Å². The van der Waals surface area contributed by atoms with Crippen LogP contribution in [0.1, 0.15) is 11.1 Å². The van der Waals surface area contributed by atoms with Crippen molar-refractivity contribution in [3.05, 3.63) is 83.9 Å². The van der Waals surface area contributed by atoms with E-state index < -0.39 is 0 Å². The van der Waals surface area contributed by atoms with Gasteiger partial charge < -0.3 is 9.47 Å². The molecule has 0 amide bonds. The second kappa shape index (κ2) is 8.03. The molecule has 0 aliphatic heterocycles. The van der Waals surface area contributed by atoms with Gasteiger partial charge in [-0.2, -0.15) is 5.26 Å². The van der Waals surface area contributed by atoms with E-state index in [1.165, 1.54) is 0 Å². The lowest BCUT2D eigenvalue weighted by Gasteiger charge is -2.15. The largest absolute Gasteiger partial charge is 0.496 e. The maximum absolute atomic E-state index is 8.88. The predicted octanol–water partition coefficient (Wildman–Crippen LogP) is 5.01. The highest BCUT2D eigenvalue weighted by molar-refractivity contribution is 5.76. The number of hydrogen-bond donors (Lipinski definition) is 0. The van der Waals surface area contributed by atoms with Crippen molar-refractivity contribution in [1.82, 2.24) is 0 Å². The highest BCUT2D eigenvalue weighted by Gasteiger charge is 2.12.